The number of unbranched alkanes of at least 4 members (excludes halogenated alkanes) is 1. The van der Waals surface area contributed by atoms with E-state index >= 15 is 0 Å². The van der Waals surface area contributed by atoms with Gasteiger partial charge in [0.1, 0.15) is 0 Å². The second-order valence-electron chi connectivity index (χ2n) is 7.76. The third kappa shape index (κ3) is 4.75. The zero-order valence-electron chi connectivity index (χ0n) is 19.5. The van der Waals surface area contributed by atoms with E-state index in [4.69, 9.17) is 9.47 Å². The fraction of sp³-hybridized carbons (Fsp3) is 0.320. The quantitative estimate of drug-likeness (QED) is 0.535. The molecule has 0 saturated heterocycles. The monoisotopic (exact) mass is 470 g/mol. The molecular formula is C25H30N2O5S. The van der Waals surface area contributed by atoms with Crippen LogP contribution in [0.25, 0.3) is 5.57 Å². The highest BCUT2D eigenvalue weighted by Gasteiger charge is 2.40. The number of anilines is 2. The standard InChI is InChI=1S/C25H30N2O5S/c1-6-8-9-18-10-12-19(13-11-18)26-25(28)24-17(3)20-15-22(31-4)23(32-5)16-21(20)27(14-7-2)33(24,29)30/h7,10-13,15-16H,2,6,8-9,14H2,1,3-5H3,(H,26,28). The van der Waals surface area contributed by atoms with Crippen LogP contribution < -0.4 is 19.1 Å². The summed E-state index contributed by atoms with van der Waals surface area (Å²) in [7, 11) is -1.16. The number of sulfonamides is 1. The van der Waals surface area contributed by atoms with Crippen molar-refractivity contribution in [2.75, 3.05) is 30.4 Å². The first kappa shape index (κ1) is 24.4. The summed E-state index contributed by atoms with van der Waals surface area (Å²) < 4.78 is 38.9. The van der Waals surface area contributed by atoms with Crippen molar-refractivity contribution in [2.24, 2.45) is 0 Å². The van der Waals surface area contributed by atoms with E-state index in [0.29, 0.717) is 34.0 Å². The van der Waals surface area contributed by atoms with Crippen LogP contribution in [0.4, 0.5) is 11.4 Å². The number of amides is 1. The summed E-state index contributed by atoms with van der Waals surface area (Å²) in [5.74, 6) is 0.142. The number of ether oxygens (including phenoxy) is 2. The Hall–Kier alpha value is -3.26. The molecule has 1 aliphatic heterocycles. The van der Waals surface area contributed by atoms with Crippen molar-refractivity contribution < 1.29 is 22.7 Å². The second kappa shape index (κ2) is 10.1. The lowest BCUT2D eigenvalue weighted by Gasteiger charge is -2.32. The van der Waals surface area contributed by atoms with E-state index in [1.54, 1.807) is 31.2 Å². The molecule has 0 spiro atoms. The van der Waals surface area contributed by atoms with Gasteiger partial charge in [0.15, 0.2) is 16.4 Å². The van der Waals surface area contributed by atoms with E-state index in [2.05, 4.69) is 18.8 Å². The molecule has 1 amide bonds. The van der Waals surface area contributed by atoms with Crippen molar-refractivity contribution in [1.82, 2.24) is 0 Å². The van der Waals surface area contributed by atoms with Crippen molar-refractivity contribution in [1.29, 1.82) is 0 Å². The predicted octanol–water partition coefficient (Wildman–Crippen LogP) is 4.75. The maximum Gasteiger partial charge on any atom is 0.270 e. The molecule has 1 heterocycles. The van der Waals surface area contributed by atoms with E-state index in [0.717, 1.165) is 23.6 Å². The van der Waals surface area contributed by atoms with Gasteiger partial charge >= 0.3 is 0 Å². The highest BCUT2D eigenvalue weighted by Crippen LogP contribution is 2.45. The number of carbonyl (C=O) groups excluding carboxylic acids is 1. The molecule has 0 aromatic heterocycles. The lowest BCUT2D eigenvalue weighted by molar-refractivity contribution is -0.112. The Kier molecular flexibility index (Phi) is 7.48. The molecule has 33 heavy (non-hydrogen) atoms. The smallest absolute Gasteiger partial charge is 0.270 e. The summed E-state index contributed by atoms with van der Waals surface area (Å²) in [6.45, 7) is 7.43. The molecule has 1 aliphatic rings. The summed E-state index contributed by atoms with van der Waals surface area (Å²) >= 11 is 0. The molecule has 176 valence electrons. The average Bonchev–Trinajstić information content (AvgIpc) is 2.80. The van der Waals surface area contributed by atoms with Gasteiger partial charge in [0.25, 0.3) is 15.9 Å². The average molecular weight is 471 g/mol. The maximum absolute atomic E-state index is 13.5. The normalized spacial score (nSPS) is 14.5. The van der Waals surface area contributed by atoms with Crippen LogP contribution in [-0.2, 0) is 21.2 Å². The first-order valence-electron chi connectivity index (χ1n) is 10.8. The summed E-state index contributed by atoms with van der Waals surface area (Å²) in [6.07, 6.45) is 4.62. The van der Waals surface area contributed by atoms with Crippen molar-refractivity contribution in [2.45, 2.75) is 33.1 Å². The number of nitrogens with one attached hydrogen (secondary N) is 1. The number of fused-ring (bicyclic) bond motifs is 1. The number of hydrogen-bond donors (Lipinski definition) is 1. The van der Waals surface area contributed by atoms with Crippen molar-refractivity contribution in [3.05, 3.63) is 65.1 Å². The van der Waals surface area contributed by atoms with Crippen molar-refractivity contribution in [3.8, 4) is 11.5 Å². The third-order valence-electron chi connectivity index (χ3n) is 5.60. The number of carbonyl (C=O) groups is 1. The molecule has 0 bridgehead atoms. The minimum Gasteiger partial charge on any atom is -0.493 e. The van der Waals surface area contributed by atoms with Gasteiger partial charge in [-0.3, -0.25) is 9.10 Å². The SMILES string of the molecule is C=CCN1c2cc(OC)c(OC)cc2C(C)=C(C(=O)Nc2ccc(CCCC)cc2)S1(=O)=O. The van der Waals surface area contributed by atoms with E-state index in [1.807, 2.05) is 12.1 Å². The topological polar surface area (TPSA) is 84.9 Å². The van der Waals surface area contributed by atoms with Gasteiger partial charge < -0.3 is 14.8 Å². The van der Waals surface area contributed by atoms with Crippen molar-refractivity contribution >= 4 is 32.9 Å². The van der Waals surface area contributed by atoms with Crippen LogP contribution in [0.15, 0.2) is 54.0 Å². The molecule has 0 atom stereocenters. The highest BCUT2D eigenvalue weighted by atomic mass is 32.2. The molecule has 0 fully saturated rings. The Bertz CT molecular complexity index is 1180. The minimum absolute atomic E-state index is 0.000994. The Morgan fingerprint density at radius 2 is 1.76 bits per heavy atom. The third-order valence-corrected chi connectivity index (χ3v) is 7.53. The molecule has 0 saturated carbocycles. The van der Waals surface area contributed by atoms with Gasteiger partial charge in [0.2, 0.25) is 0 Å². The maximum atomic E-state index is 13.5. The number of hydrogen-bond acceptors (Lipinski definition) is 5. The van der Waals surface area contributed by atoms with E-state index in [-0.39, 0.29) is 11.4 Å². The predicted molar refractivity (Wildman–Crippen MR) is 132 cm³/mol. The summed E-state index contributed by atoms with van der Waals surface area (Å²) in [4.78, 5) is 12.9. The van der Waals surface area contributed by atoms with E-state index in [1.165, 1.54) is 25.9 Å². The fourth-order valence-electron chi connectivity index (χ4n) is 3.86. The number of aryl methyl sites for hydroxylation is 1. The largest absolute Gasteiger partial charge is 0.493 e. The number of nitrogens with zero attached hydrogens (tertiary/aromatic N) is 1. The van der Waals surface area contributed by atoms with Crippen molar-refractivity contribution in [3.63, 3.8) is 0 Å². The van der Waals surface area contributed by atoms with Gasteiger partial charge in [-0.05, 0) is 49.1 Å². The lowest BCUT2D eigenvalue weighted by atomic mass is 10.0. The van der Waals surface area contributed by atoms with Crippen LogP contribution in [-0.4, -0.2) is 35.1 Å². The molecule has 0 radical (unpaired) electrons. The van der Waals surface area contributed by atoms with Gasteiger partial charge in [-0.2, -0.15) is 0 Å². The molecule has 1 N–H and O–H groups in total. The van der Waals surface area contributed by atoms with Crippen LogP contribution in [0.1, 0.15) is 37.8 Å². The first-order valence-corrected chi connectivity index (χ1v) is 12.2. The molecule has 0 aliphatic carbocycles. The Morgan fingerprint density at radius 3 is 2.33 bits per heavy atom. The molecule has 2 aromatic rings. The Morgan fingerprint density at radius 1 is 1.12 bits per heavy atom. The number of benzene rings is 2. The summed E-state index contributed by atoms with van der Waals surface area (Å²) in [6, 6.07) is 10.7. The second-order valence-corrected chi connectivity index (χ2v) is 9.56. The van der Waals surface area contributed by atoms with E-state index in [9.17, 15) is 13.2 Å². The van der Waals surface area contributed by atoms with Crippen LogP contribution >= 0.6 is 0 Å². The summed E-state index contributed by atoms with van der Waals surface area (Å²) in [5.41, 5.74) is 3.02. The first-order chi connectivity index (χ1) is 15.8. The van der Waals surface area contributed by atoms with Gasteiger partial charge in [-0.15, -0.1) is 6.58 Å². The fourth-order valence-corrected chi connectivity index (χ4v) is 5.57. The number of rotatable bonds is 9. The number of methoxy groups -OCH3 is 2. The van der Waals surface area contributed by atoms with Gasteiger partial charge in [0.05, 0.1) is 26.5 Å². The molecule has 0 unspecified atom stereocenters. The van der Waals surface area contributed by atoms with Gasteiger partial charge in [-0.25, -0.2) is 8.42 Å². The molecule has 3 rings (SSSR count). The highest BCUT2D eigenvalue weighted by molar-refractivity contribution is 7.97. The molecule has 7 nitrogen and oxygen atoms in total. The molecule has 2 aromatic carbocycles. The zero-order chi connectivity index (χ0) is 24.2. The Balaban J connectivity index is 2.06. The lowest BCUT2D eigenvalue weighted by Crippen LogP contribution is -2.39. The molecule has 8 heteroatoms. The van der Waals surface area contributed by atoms with E-state index < -0.39 is 15.9 Å². The van der Waals surface area contributed by atoms with Crippen LogP contribution in [0, 0.1) is 0 Å². The minimum atomic E-state index is -4.14. The summed E-state index contributed by atoms with van der Waals surface area (Å²) in [5, 5.41) is 2.74. The zero-order valence-corrected chi connectivity index (χ0v) is 20.3. The Labute approximate surface area is 195 Å². The van der Waals surface area contributed by atoms with Crippen LogP contribution in [0.3, 0.4) is 0 Å². The molecular weight excluding hydrogens is 440 g/mol. The van der Waals surface area contributed by atoms with Gasteiger partial charge in [0, 0.05) is 17.3 Å². The number of allylic oxidation sites excluding steroid dienone is 1. The van der Waals surface area contributed by atoms with Gasteiger partial charge in [-0.1, -0.05) is 31.6 Å². The van der Waals surface area contributed by atoms with Crippen LogP contribution in [0.5, 0.6) is 11.5 Å². The van der Waals surface area contributed by atoms with Crippen LogP contribution in [0.2, 0.25) is 0 Å².